The van der Waals surface area contributed by atoms with Gasteiger partial charge in [-0.15, -0.1) is 0 Å². The van der Waals surface area contributed by atoms with Crippen molar-refractivity contribution in [2.24, 2.45) is 5.41 Å². The first-order chi connectivity index (χ1) is 15.0. The topological polar surface area (TPSA) is 88.8 Å². The lowest BCUT2D eigenvalue weighted by molar-refractivity contribution is 0.0692. The first kappa shape index (κ1) is 23.8. The van der Waals surface area contributed by atoms with Gasteiger partial charge in [0.1, 0.15) is 23.7 Å². The van der Waals surface area contributed by atoms with E-state index in [2.05, 4.69) is 0 Å². The second-order valence-corrected chi connectivity index (χ2v) is 9.19. The number of aromatic carboxylic acids is 1. The van der Waals surface area contributed by atoms with Crippen LogP contribution in [0.15, 0.2) is 41.3 Å². The van der Waals surface area contributed by atoms with Crippen molar-refractivity contribution in [1.82, 2.24) is 4.57 Å². The van der Waals surface area contributed by atoms with Gasteiger partial charge >= 0.3 is 5.97 Å². The maximum atomic E-state index is 14.2. The second kappa shape index (κ2) is 8.92. The van der Waals surface area contributed by atoms with Crippen LogP contribution >= 0.6 is 11.6 Å². The van der Waals surface area contributed by atoms with Crippen molar-refractivity contribution in [2.75, 3.05) is 6.61 Å². The third-order valence-corrected chi connectivity index (χ3v) is 5.77. The Bertz CT molecular complexity index is 1250. The number of carboxylic acids is 1. The molecule has 0 aliphatic carbocycles. The van der Waals surface area contributed by atoms with Gasteiger partial charge in [0.05, 0.1) is 28.6 Å². The number of carboxylic acid groups (broad SMARTS) is 1. The molecule has 0 aliphatic rings. The summed E-state index contributed by atoms with van der Waals surface area (Å²) in [5.41, 5.74) is -0.0833. The Balaban J connectivity index is 2.18. The molecule has 0 spiro atoms. The van der Waals surface area contributed by atoms with Crippen molar-refractivity contribution in [1.29, 1.82) is 0 Å². The molecular weight excluding hydrogens is 437 g/mol. The number of benzene rings is 2. The zero-order chi connectivity index (χ0) is 23.8. The van der Waals surface area contributed by atoms with Gasteiger partial charge in [0.25, 0.3) is 0 Å². The lowest BCUT2D eigenvalue weighted by atomic mass is 9.86. The van der Waals surface area contributed by atoms with E-state index in [4.69, 9.17) is 16.3 Å². The fourth-order valence-electron chi connectivity index (χ4n) is 3.64. The molecule has 2 aromatic carbocycles. The van der Waals surface area contributed by atoms with Crippen molar-refractivity contribution in [3.05, 3.63) is 74.3 Å². The molecule has 0 aliphatic heterocycles. The summed E-state index contributed by atoms with van der Waals surface area (Å²) in [5.74, 6) is -1.63. The summed E-state index contributed by atoms with van der Waals surface area (Å²) in [7, 11) is 0. The van der Waals surface area contributed by atoms with Crippen molar-refractivity contribution in [2.45, 2.75) is 40.3 Å². The van der Waals surface area contributed by atoms with Gasteiger partial charge in [0.2, 0.25) is 5.43 Å². The molecule has 0 unspecified atom stereocenters. The summed E-state index contributed by atoms with van der Waals surface area (Å²) in [4.78, 5) is 24.7. The molecule has 3 aromatic rings. The highest BCUT2D eigenvalue weighted by molar-refractivity contribution is 6.30. The van der Waals surface area contributed by atoms with Gasteiger partial charge in [-0.25, -0.2) is 9.18 Å². The molecule has 0 fully saturated rings. The van der Waals surface area contributed by atoms with E-state index in [1.165, 1.54) is 18.3 Å². The molecule has 0 saturated carbocycles. The number of fused-ring (bicyclic) bond motifs is 1. The molecule has 0 amide bonds. The van der Waals surface area contributed by atoms with Crippen molar-refractivity contribution in [3.63, 3.8) is 0 Å². The Kier molecular flexibility index (Phi) is 6.62. The Hall–Kier alpha value is -2.90. The molecule has 6 nitrogen and oxygen atoms in total. The van der Waals surface area contributed by atoms with Gasteiger partial charge in [-0.2, -0.15) is 0 Å². The van der Waals surface area contributed by atoms with E-state index in [-0.39, 0.29) is 29.2 Å². The predicted molar refractivity (Wildman–Crippen MR) is 121 cm³/mol. The molecule has 0 radical (unpaired) electrons. The highest BCUT2D eigenvalue weighted by Gasteiger charge is 2.28. The standard InChI is InChI=1S/C24H25ClFNO5/c1-13-8-18-15(9-19(13)32-12-14-6-5-7-17(25)21(14)26)22(29)16(23(30)31)10-27(18)20(11-28)24(2,3)4/h5-10,20,28H,11-12H2,1-4H3,(H,30,31)/t20-/m1/s1. The van der Waals surface area contributed by atoms with Crippen LogP contribution in [0.3, 0.4) is 0 Å². The Morgan fingerprint density at radius 1 is 1.28 bits per heavy atom. The number of hydrogen-bond acceptors (Lipinski definition) is 4. The van der Waals surface area contributed by atoms with Crippen LogP contribution in [0.5, 0.6) is 5.75 Å². The summed E-state index contributed by atoms with van der Waals surface area (Å²) >= 11 is 5.82. The van der Waals surface area contributed by atoms with Gasteiger partial charge in [0, 0.05) is 11.8 Å². The van der Waals surface area contributed by atoms with Crippen molar-refractivity contribution < 1.29 is 24.1 Å². The monoisotopic (exact) mass is 461 g/mol. The Morgan fingerprint density at radius 3 is 2.56 bits per heavy atom. The Labute approximate surface area is 189 Å². The largest absolute Gasteiger partial charge is 0.488 e. The van der Waals surface area contributed by atoms with Crippen LogP contribution in [-0.2, 0) is 6.61 Å². The first-order valence-electron chi connectivity index (χ1n) is 10.0. The summed E-state index contributed by atoms with van der Waals surface area (Å²) < 4.78 is 21.6. The molecule has 3 rings (SSSR count). The van der Waals surface area contributed by atoms with Crippen LogP contribution in [-0.4, -0.2) is 27.4 Å². The molecular formula is C24H25ClFNO5. The summed E-state index contributed by atoms with van der Waals surface area (Å²) in [5, 5.41) is 19.7. The molecule has 2 N–H and O–H groups in total. The smallest absolute Gasteiger partial charge is 0.341 e. The number of aryl methyl sites for hydroxylation is 1. The number of hydrogen-bond donors (Lipinski definition) is 2. The SMILES string of the molecule is Cc1cc2c(cc1OCc1cccc(Cl)c1F)c(=O)c(C(=O)O)cn2[C@H](CO)C(C)(C)C. The van der Waals surface area contributed by atoms with Crippen LogP contribution in [0.4, 0.5) is 4.39 Å². The van der Waals surface area contributed by atoms with Gasteiger partial charge < -0.3 is 19.5 Å². The van der Waals surface area contributed by atoms with E-state index >= 15 is 0 Å². The van der Waals surface area contributed by atoms with Crippen LogP contribution < -0.4 is 10.2 Å². The highest BCUT2D eigenvalue weighted by atomic mass is 35.5. The summed E-state index contributed by atoms with van der Waals surface area (Å²) in [6.07, 6.45) is 1.28. The zero-order valence-electron chi connectivity index (χ0n) is 18.3. The van der Waals surface area contributed by atoms with Crippen molar-refractivity contribution in [3.8, 4) is 5.75 Å². The van der Waals surface area contributed by atoms with Crippen LogP contribution in [0.25, 0.3) is 10.9 Å². The molecule has 8 heteroatoms. The predicted octanol–water partition coefficient (Wildman–Crippen LogP) is 4.96. The van der Waals surface area contributed by atoms with Gasteiger partial charge in [0.15, 0.2) is 0 Å². The first-order valence-corrected chi connectivity index (χ1v) is 10.4. The number of rotatable bonds is 6. The minimum atomic E-state index is -1.36. The fourth-order valence-corrected chi connectivity index (χ4v) is 3.83. The zero-order valence-corrected chi connectivity index (χ0v) is 19.0. The van der Waals surface area contributed by atoms with E-state index in [1.54, 1.807) is 29.7 Å². The lowest BCUT2D eigenvalue weighted by Crippen LogP contribution is -2.30. The molecule has 1 aromatic heterocycles. The quantitative estimate of drug-likeness (QED) is 0.541. The lowest BCUT2D eigenvalue weighted by Gasteiger charge is -2.33. The third kappa shape index (κ3) is 4.49. The van der Waals surface area contributed by atoms with Gasteiger partial charge in [-0.1, -0.05) is 44.5 Å². The molecule has 1 heterocycles. The van der Waals surface area contributed by atoms with Crippen LogP contribution in [0.2, 0.25) is 5.02 Å². The number of halogens is 2. The van der Waals surface area contributed by atoms with E-state index < -0.39 is 34.2 Å². The van der Waals surface area contributed by atoms with Crippen LogP contribution in [0, 0.1) is 18.2 Å². The Morgan fingerprint density at radius 2 is 1.97 bits per heavy atom. The molecule has 0 bridgehead atoms. The molecule has 32 heavy (non-hydrogen) atoms. The van der Waals surface area contributed by atoms with Gasteiger partial charge in [-0.05, 0) is 36.1 Å². The molecule has 1 atom stereocenters. The van der Waals surface area contributed by atoms with E-state index in [0.29, 0.717) is 16.8 Å². The normalized spacial score (nSPS) is 12.7. The summed E-state index contributed by atoms with van der Waals surface area (Å²) in [6.45, 7) is 7.17. The second-order valence-electron chi connectivity index (χ2n) is 8.79. The minimum absolute atomic E-state index is 0.0208. The van der Waals surface area contributed by atoms with E-state index in [9.17, 15) is 24.2 Å². The number of aliphatic hydroxyl groups is 1. The average Bonchev–Trinajstić information content (AvgIpc) is 2.70. The van der Waals surface area contributed by atoms with Gasteiger partial charge in [-0.3, -0.25) is 4.79 Å². The third-order valence-electron chi connectivity index (χ3n) is 5.48. The molecule has 170 valence electrons. The number of aliphatic hydroxyl groups excluding tert-OH is 1. The van der Waals surface area contributed by atoms with Crippen LogP contribution in [0.1, 0.15) is 48.3 Å². The number of aromatic nitrogens is 1. The maximum absolute atomic E-state index is 14.2. The molecule has 0 saturated heterocycles. The number of pyridine rings is 1. The minimum Gasteiger partial charge on any atom is -0.488 e. The number of nitrogens with zero attached hydrogens (tertiary/aromatic N) is 1. The summed E-state index contributed by atoms with van der Waals surface area (Å²) in [6, 6.07) is 7.29. The highest BCUT2D eigenvalue weighted by Crippen LogP contribution is 2.34. The average molecular weight is 462 g/mol. The maximum Gasteiger partial charge on any atom is 0.341 e. The van der Waals surface area contributed by atoms with E-state index in [1.807, 2.05) is 20.8 Å². The van der Waals surface area contributed by atoms with E-state index in [0.717, 1.165) is 0 Å². The van der Waals surface area contributed by atoms with Crippen molar-refractivity contribution >= 4 is 28.5 Å². The number of carbonyl (C=O) groups is 1. The number of ether oxygens (including phenoxy) is 1. The fraction of sp³-hybridized carbons (Fsp3) is 0.333.